The average molecular weight is 222 g/mol. The van der Waals surface area contributed by atoms with Crippen molar-refractivity contribution in [2.45, 2.75) is 31.8 Å². The third-order valence-electron chi connectivity index (χ3n) is 3.22. The zero-order valence-electron chi connectivity index (χ0n) is 10.0. The van der Waals surface area contributed by atoms with Crippen molar-refractivity contribution in [2.75, 3.05) is 14.2 Å². The van der Waals surface area contributed by atoms with Gasteiger partial charge in [0.25, 0.3) is 0 Å². The van der Waals surface area contributed by atoms with Crippen LogP contribution in [-0.4, -0.2) is 19.3 Å². The Balaban J connectivity index is 2.55. The summed E-state index contributed by atoms with van der Waals surface area (Å²) in [5, 5.41) is 10.2. The highest BCUT2D eigenvalue weighted by atomic mass is 16.5. The van der Waals surface area contributed by atoms with Gasteiger partial charge in [-0.05, 0) is 31.4 Å². The molecule has 0 radical (unpaired) electrons. The Morgan fingerprint density at radius 1 is 1.25 bits per heavy atom. The Hall–Kier alpha value is -1.22. The molecule has 2 rings (SSSR count). The van der Waals surface area contributed by atoms with Crippen LogP contribution in [-0.2, 0) is 12.0 Å². The van der Waals surface area contributed by atoms with Crippen LogP contribution in [0.2, 0.25) is 0 Å². The summed E-state index contributed by atoms with van der Waals surface area (Å²) in [6.45, 7) is 2.06. The fraction of sp³-hybridized carbons (Fsp3) is 0.538. The lowest BCUT2D eigenvalue weighted by Crippen LogP contribution is -2.09. The van der Waals surface area contributed by atoms with E-state index >= 15 is 0 Å². The predicted octanol–water partition coefficient (Wildman–Crippen LogP) is 2.25. The third-order valence-corrected chi connectivity index (χ3v) is 3.22. The van der Waals surface area contributed by atoms with Crippen molar-refractivity contribution in [1.29, 1.82) is 0 Å². The lowest BCUT2D eigenvalue weighted by atomic mass is 10.00. The number of methoxy groups -OCH3 is 2. The van der Waals surface area contributed by atoms with Gasteiger partial charge in [0.05, 0.1) is 19.8 Å². The lowest BCUT2D eigenvalue weighted by molar-refractivity contribution is 0.147. The van der Waals surface area contributed by atoms with Crippen molar-refractivity contribution >= 4 is 0 Å². The Kier molecular flexibility index (Phi) is 2.80. The minimum atomic E-state index is -0.665. The van der Waals surface area contributed by atoms with Crippen molar-refractivity contribution < 1.29 is 14.6 Å². The van der Waals surface area contributed by atoms with Gasteiger partial charge in [-0.3, -0.25) is 0 Å². The van der Waals surface area contributed by atoms with Gasteiger partial charge in [-0.15, -0.1) is 0 Å². The highest BCUT2D eigenvalue weighted by Crippen LogP contribution is 2.50. The molecule has 1 fully saturated rings. The van der Waals surface area contributed by atoms with Crippen LogP contribution in [0.1, 0.15) is 30.9 Å². The van der Waals surface area contributed by atoms with E-state index in [-0.39, 0.29) is 0 Å². The maximum atomic E-state index is 10.2. The molecule has 0 unspecified atom stereocenters. The fourth-order valence-electron chi connectivity index (χ4n) is 2.12. The standard InChI is InChI=1S/C13H18O3/c1-4-9-11(15-2)6-5-10(12(9)16-3)13(14)7-8-13/h5-6,14H,4,7-8H2,1-3H3. The van der Waals surface area contributed by atoms with Crippen molar-refractivity contribution in [1.82, 2.24) is 0 Å². The van der Waals surface area contributed by atoms with Gasteiger partial charge in [0, 0.05) is 11.1 Å². The predicted molar refractivity (Wildman–Crippen MR) is 62.1 cm³/mol. The monoisotopic (exact) mass is 222 g/mol. The van der Waals surface area contributed by atoms with E-state index in [2.05, 4.69) is 6.92 Å². The molecule has 1 aliphatic rings. The summed E-state index contributed by atoms with van der Waals surface area (Å²) >= 11 is 0. The maximum Gasteiger partial charge on any atom is 0.131 e. The van der Waals surface area contributed by atoms with Gasteiger partial charge in [-0.1, -0.05) is 6.92 Å². The molecule has 0 bridgehead atoms. The molecular weight excluding hydrogens is 204 g/mol. The molecule has 1 aliphatic carbocycles. The van der Waals surface area contributed by atoms with Gasteiger partial charge in [-0.2, -0.15) is 0 Å². The molecule has 0 amide bonds. The van der Waals surface area contributed by atoms with E-state index in [9.17, 15) is 5.11 Å². The molecule has 1 N–H and O–H groups in total. The molecule has 3 nitrogen and oxygen atoms in total. The lowest BCUT2D eigenvalue weighted by Gasteiger charge is -2.18. The number of aliphatic hydroxyl groups is 1. The van der Waals surface area contributed by atoms with Crippen LogP contribution in [0, 0.1) is 0 Å². The quantitative estimate of drug-likeness (QED) is 0.849. The third kappa shape index (κ3) is 1.65. The zero-order chi connectivity index (χ0) is 11.8. The second kappa shape index (κ2) is 3.98. The van der Waals surface area contributed by atoms with Gasteiger partial charge >= 0.3 is 0 Å². The second-order valence-electron chi connectivity index (χ2n) is 4.21. The molecule has 1 aromatic carbocycles. The SMILES string of the molecule is CCc1c(OC)ccc(C2(O)CC2)c1OC. The van der Waals surface area contributed by atoms with Crippen LogP contribution in [0.25, 0.3) is 0 Å². The van der Waals surface area contributed by atoms with Gasteiger partial charge in [-0.25, -0.2) is 0 Å². The van der Waals surface area contributed by atoms with Gasteiger partial charge in [0.15, 0.2) is 0 Å². The first-order chi connectivity index (χ1) is 7.66. The zero-order valence-corrected chi connectivity index (χ0v) is 10.0. The number of rotatable bonds is 4. The van der Waals surface area contributed by atoms with Crippen molar-refractivity contribution in [3.05, 3.63) is 23.3 Å². The molecule has 0 atom stereocenters. The van der Waals surface area contributed by atoms with E-state index in [1.54, 1.807) is 14.2 Å². The number of ether oxygens (including phenoxy) is 2. The number of benzene rings is 1. The van der Waals surface area contributed by atoms with Gasteiger partial charge in [0.1, 0.15) is 11.5 Å². The molecule has 1 aromatic rings. The summed E-state index contributed by atoms with van der Waals surface area (Å²) in [4.78, 5) is 0. The Morgan fingerprint density at radius 2 is 1.94 bits per heavy atom. The smallest absolute Gasteiger partial charge is 0.131 e. The first-order valence-electron chi connectivity index (χ1n) is 5.63. The van der Waals surface area contributed by atoms with Crippen LogP contribution < -0.4 is 9.47 Å². The van der Waals surface area contributed by atoms with Crippen LogP contribution in [0.4, 0.5) is 0 Å². The first kappa shape index (κ1) is 11.3. The molecule has 0 heterocycles. The molecule has 0 spiro atoms. The van der Waals surface area contributed by atoms with Crippen molar-refractivity contribution in [2.24, 2.45) is 0 Å². The first-order valence-corrected chi connectivity index (χ1v) is 5.63. The summed E-state index contributed by atoms with van der Waals surface area (Å²) in [5.74, 6) is 1.61. The van der Waals surface area contributed by atoms with Crippen molar-refractivity contribution in [3.8, 4) is 11.5 Å². The Bertz CT molecular complexity index is 394. The summed E-state index contributed by atoms with van der Waals surface area (Å²) in [6, 6.07) is 3.82. The topological polar surface area (TPSA) is 38.7 Å². The van der Waals surface area contributed by atoms with Gasteiger partial charge < -0.3 is 14.6 Å². The summed E-state index contributed by atoms with van der Waals surface area (Å²) in [5.41, 5.74) is 1.26. The molecule has 3 heteroatoms. The van der Waals surface area contributed by atoms with E-state index < -0.39 is 5.60 Å². The van der Waals surface area contributed by atoms with Crippen LogP contribution in [0.15, 0.2) is 12.1 Å². The van der Waals surface area contributed by atoms with E-state index in [1.807, 2.05) is 12.1 Å². The summed E-state index contributed by atoms with van der Waals surface area (Å²) in [7, 11) is 3.29. The minimum absolute atomic E-state index is 0.665. The largest absolute Gasteiger partial charge is 0.496 e. The Labute approximate surface area is 96.0 Å². The summed E-state index contributed by atoms with van der Waals surface area (Å²) in [6.07, 6.45) is 2.47. The highest BCUT2D eigenvalue weighted by Gasteiger charge is 2.44. The second-order valence-corrected chi connectivity index (χ2v) is 4.21. The molecule has 1 saturated carbocycles. The molecule has 88 valence electrons. The maximum absolute atomic E-state index is 10.2. The molecule has 16 heavy (non-hydrogen) atoms. The van der Waals surface area contributed by atoms with E-state index in [4.69, 9.17) is 9.47 Å². The van der Waals surface area contributed by atoms with Crippen LogP contribution >= 0.6 is 0 Å². The fourth-order valence-corrected chi connectivity index (χ4v) is 2.12. The molecule has 0 saturated heterocycles. The van der Waals surface area contributed by atoms with E-state index in [0.717, 1.165) is 41.9 Å². The van der Waals surface area contributed by atoms with Crippen molar-refractivity contribution in [3.63, 3.8) is 0 Å². The number of hydrogen-bond acceptors (Lipinski definition) is 3. The highest BCUT2D eigenvalue weighted by molar-refractivity contribution is 5.53. The number of hydrogen-bond donors (Lipinski definition) is 1. The minimum Gasteiger partial charge on any atom is -0.496 e. The van der Waals surface area contributed by atoms with E-state index in [0.29, 0.717) is 0 Å². The summed E-state index contributed by atoms with van der Waals surface area (Å²) < 4.78 is 10.7. The van der Waals surface area contributed by atoms with Gasteiger partial charge in [0.2, 0.25) is 0 Å². The van der Waals surface area contributed by atoms with E-state index in [1.165, 1.54) is 0 Å². The van der Waals surface area contributed by atoms with Crippen LogP contribution in [0.5, 0.6) is 11.5 Å². The average Bonchev–Trinajstić information content (AvgIpc) is 3.06. The Morgan fingerprint density at radius 3 is 2.38 bits per heavy atom. The molecule has 0 aliphatic heterocycles. The molecular formula is C13H18O3. The normalized spacial score (nSPS) is 17.0. The molecule has 0 aromatic heterocycles. The van der Waals surface area contributed by atoms with Crippen LogP contribution in [0.3, 0.4) is 0 Å².